The van der Waals surface area contributed by atoms with Crippen molar-refractivity contribution in [2.24, 2.45) is 0 Å². The standard InChI is InChI=1S/C13H19NO3S/c1-4-12(15)9-11-7-5-6-8-13(11)18(16,17)14-10(2)3/h5-8,10,14H,4,9H2,1-3H3. The number of nitrogens with one attached hydrogen (secondary N) is 1. The lowest BCUT2D eigenvalue weighted by atomic mass is 10.1. The Morgan fingerprint density at radius 2 is 1.89 bits per heavy atom. The highest BCUT2D eigenvalue weighted by molar-refractivity contribution is 7.89. The Labute approximate surface area is 108 Å². The summed E-state index contributed by atoms with van der Waals surface area (Å²) in [5, 5.41) is 0. The third-order valence-corrected chi connectivity index (χ3v) is 4.19. The van der Waals surface area contributed by atoms with E-state index in [0.29, 0.717) is 12.0 Å². The largest absolute Gasteiger partial charge is 0.299 e. The van der Waals surface area contributed by atoms with Crippen molar-refractivity contribution >= 4 is 15.8 Å². The quantitative estimate of drug-likeness (QED) is 0.858. The van der Waals surface area contributed by atoms with Crippen LogP contribution in [0.5, 0.6) is 0 Å². The SMILES string of the molecule is CCC(=O)Cc1ccccc1S(=O)(=O)NC(C)C. The zero-order chi connectivity index (χ0) is 13.8. The highest BCUT2D eigenvalue weighted by Gasteiger charge is 2.19. The first-order valence-corrected chi connectivity index (χ1v) is 7.47. The highest BCUT2D eigenvalue weighted by Crippen LogP contribution is 2.17. The van der Waals surface area contributed by atoms with Gasteiger partial charge in [0.1, 0.15) is 5.78 Å². The highest BCUT2D eigenvalue weighted by atomic mass is 32.2. The number of benzene rings is 1. The molecule has 1 aromatic carbocycles. The first-order chi connectivity index (χ1) is 8.36. The summed E-state index contributed by atoms with van der Waals surface area (Å²) in [5.41, 5.74) is 0.553. The first kappa shape index (κ1) is 14.9. The third-order valence-electron chi connectivity index (χ3n) is 2.43. The lowest BCUT2D eigenvalue weighted by Crippen LogP contribution is -2.31. The summed E-state index contributed by atoms with van der Waals surface area (Å²) in [6.45, 7) is 5.29. The van der Waals surface area contributed by atoms with Crippen LogP contribution in [0.25, 0.3) is 0 Å². The number of rotatable bonds is 6. The summed E-state index contributed by atoms with van der Waals surface area (Å²) in [6.07, 6.45) is 0.567. The van der Waals surface area contributed by atoms with Crippen molar-refractivity contribution in [3.8, 4) is 0 Å². The van der Waals surface area contributed by atoms with Gasteiger partial charge < -0.3 is 0 Å². The molecule has 0 aromatic heterocycles. The van der Waals surface area contributed by atoms with Crippen molar-refractivity contribution in [3.05, 3.63) is 29.8 Å². The maximum Gasteiger partial charge on any atom is 0.241 e. The molecule has 5 heteroatoms. The lowest BCUT2D eigenvalue weighted by Gasteiger charge is -2.12. The van der Waals surface area contributed by atoms with Crippen LogP contribution in [0.15, 0.2) is 29.2 Å². The smallest absolute Gasteiger partial charge is 0.241 e. The molecule has 0 heterocycles. The van der Waals surface area contributed by atoms with Gasteiger partial charge in [-0.25, -0.2) is 13.1 Å². The predicted molar refractivity (Wildman–Crippen MR) is 70.9 cm³/mol. The van der Waals surface area contributed by atoms with Gasteiger partial charge in [-0.15, -0.1) is 0 Å². The van der Waals surface area contributed by atoms with Gasteiger partial charge in [-0.2, -0.15) is 0 Å². The Kier molecular flexibility index (Phi) is 5.04. The lowest BCUT2D eigenvalue weighted by molar-refractivity contribution is -0.118. The van der Waals surface area contributed by atoms with Crippen molar-refractivity contribution < 1.29 is 13.2 Å². The Morgan fingerprint density at radius 3 is 2.44 bits per heavy atom. The van der Waals surface area contributed by atoms with E-state index in [0.717, 1.165) is 0 Å². The molecule has 1 N–H and O–H groups in total. The van der Waals surface area contributed by atoms with Gasteiger partial charge in [0, 0.05) is 18.9 Å². The van der Waals surface area contributed by atoms with E-state index in [2.05, 4.69) is 4.72 Å². The van der Waals surface area contributed by atoms with Gasteiger partial charge in [-0.3, -0.25) is 4.79 Å². The zero-order valence-corrected chi connectivity index (χ0v) is 11.8. The van der Waals surface area contributed by atoms with E-state index >= 15 is 0 Å². The average Bonchev–Trinajstić information content (AvgIpc) is 2.27. The molecule has 0 radical (unpaired) electrons. The van der Waals surface area contributed by atoms with Crippen LogP contribution >= 0.6 is 0 Å². The molecule has 1 rings (SSSR count). The summed E-state index contributed by atoms with van der Waals surface area (Å²) in [6, 6.07) is 6.44. The Bertz CT molecular complexity index is 521. The Hall–Kier alpha value is -1.20. The molecule has 0 atom stereocenters. The molecule has 0 aliphatic carbocycles. The second-order valence-electron chi connectivity index (χ2n) is 4.45. The molecule has 100 valence electrons. The molecule has 0 bridgehead atoms. The van der Waals surface area contributed by atoms with Gasteiger partial charge in [0.15, 0.2) is 0 Å². The number of Topliss-reactive ketones (excluding diaryl/α,β-unsaturated/α-hetero) is 1. The molecule has 0 saturated heterocycles. The topological polar surface area (TPSA) is 63.2 Å². The van der Waals surface area contributed by atoms with E-state index < -0.39 is 10.0 Å². The second kappa shape index (κ2) is 6.11. The fourth-order valence-electron chi connectivity index (χ4n) is 1.62. The Morgan fingerprint density at radius 1 is 1.28 bits per heavy atom. The fraction of sp³-hybridized carbons (Fsp3) is 0.462. The van der Waals surface area contributed by atoms with Gasteiger partial charge in [-0.1, -0.05) is 25.1 Å². The van der Waals surface area contributed by atoms with Crippen LogP contribution in [0.3, 0.4) is 0 Å². The van der Waals surface area contributed by atoms with E-state index in [9.17, 15) is 13.2 Å². The minimum Gasteiger partial charge on any atom is -0.299 e. The van der Waals surface area contributed by atoms with E-state index in [1.54, 1.807) is 39.0 Å². The molecule has 18 heavy (non-hydrogen) atoms. The van der Waals surface area contributed by atoms with Crippen LogP contribution in [0.2, 0.25) is 0 Å². The van der Waals surface area contributed by atoms with E-state index in [-0.39, 0.29) is 23.1 Å². The molecule has 0 unspecified atom stereocenters. The molecule has 0 spiro atoms. The van der Waals surface area contributed by atoms with Crippen LogP contribution in [0.1, 0.15) is 32.8 Å². The number of carbonyl (C=O) groups is 1. The predicted octanol–water partition coefficient (Wildman–Crippen LogP) is 1.89. The number of sulfonamides is 1. The molecular formula is C13H19NO3S. The normalized spacial score (nSPS) is 11.8. The van der Waals surface area contributed by atoms with Crippen LogP contribution in [0.4, 0.5) is 0 Å². The minimum atomic E-state index is -3.55. The van der Waals surface area contributed by atoms with Crippen molar-refractivity contribution in [1.29, 1.82) is 0 Å². The maximum atomic E-state index is 12.1. The summed E-state index contributed by atoms with van der Waals surface area (Å²) in [5.74, 6) is 0.0298. The Balaban J connectivity index is 3.13. The van der Waals surface area contributed by atoms with Crippen LogP contribution < -0.4 is 4.72 Å². The number of hydrogen-bond acceptors (Lipinski definition) is 3. The summed E-state index contributed by atoms with van der Waals surface area (Å²) >= 11 is 0. The van der Waals surface area contributed by atoms with Crippen molar-refractivity contribution in [3.63, 3.8) is 0 Å². The molecular weight excluding hydrogens is 250 g/mol. The maximum absolute atomic E-state index is 12.1. The second-order valence-corrected chi connectivity index (χ2v) is 6.14. The number of ketones is 1. The molecule has 0 saturated carbocycles. The van der Waals surface area contributed by atoms with Crippen LogP contribution in [0, 0.1) is 0 Å². The van der Waals surface area contributed by atoms with Gasteiger partial charge >= 0.3 is 0 Å². The molecule has 4 nitrogen and oxygen atoms in total. The van der Waals surface area contributed by atoms with Gasteiger partial charge in [0.05, 0.1) is 4.90 Å². The average molecular weight is 269 g/mol. The molecule has 1 aromatic rings. The van der Waals surface area contributed by atoms with Crippen LogP contribution in [-0.4, -0.2) is 20.2 Å². The van der Waals surface area contributed by atoms with Crippen LogP contribution in [-0.2, 0) is 21.2 Å². The molecule has 0 amide bonds. The first-order valence-electron chi connectivity index (χ1n) is 5.98. The monoisotopic (exact) mass is 269 g/mol. The number of carbonyl (C=O) groups excluding carboxylic acids is 1. The minimum absolute atomic E-state index is 0.0298. The summed E-state index contributed by atoms with van der Waals surface area (Å²) < 4.78 is 26.7. The molecule has 0 aliphatic rings. The van der Waals surface area contributed by atoms with Gasteiger partial charge in [0.2, 0.25) is 10.0 Å². The molecule has 0 aliphatic heterocycles. The number of hydrogen-bond donors (Lipinski definition) is 1. The van der Waals surface area contributed by atoms with E-state index in [1.165, 1.54) is 6.07 Å². The van der Waals surface area contributed by atoms with Crippen molar-refractivity contribution in [1.82, 2.24) is 4.72 Å². The van der Waals surface area contributed by atoms with Gasteiger partial charge in [0.25, 0.3) is 0 Å². The van der Waals surface area contributed by atoms with Gasteiger partial charge in [-0.05, 0) is 25.5 Å². The van der Waals surface area contributed by atoms with E-state index in [4.69, 9.17) is 0 Å². The third kappa shape index (κ3) is 3.92. The van der Waals surface area contributed by atoms with Crippen molar-refractivity contribution in [2.75, 3.05) is 0 Å². The van der Waals surface area contributed by atoms with E-state index in [1.807, 2.05) is 0 Å². The van der Waals surface area contributed by atoms with Crippen molar-refractivity contribution in [2.45, 2.75) is 44.6 Å². The summed E-state index contributed by atoms with van der Waals surface area (Å²) in [4.78, 5) is 11.7. The summed E-state index contributed by atoms with van der Waals surface area (Å²) in [7, 11) is -3.55. The molecule has 0 fully saturated rings. The zero-order valence-electron chi connectivity index (χ0n) is 10.9. The fourth-order valence-corrected chi connectivity index (χ4v) is 3.11.